The molecule has 1 aromatic heterocycles. The Hall–Kier alpha value is -1.81. The van der Waals surface area contributed by atoms with E-state index in [4.69, 9.17) is 4.74 Å². The van der Waals surface area contributed by atoms with Crippen LogP contribution in [0.15, 0.2) is 24.5 Å². The number of phenolic OH excluding ortho intramolecular Hbond substituents is 1. The number of ether oxygens (including phenoxy) is 1. The molecular formula is C14H18N2O2. The molecule has 0 atom stereocenters. The lowest BCUT2D eigenvalue weighted by atomic mass is 10.0. The van der Waals surface area contributed by atoms with Crippen molar-refractivity contribution in [2.24, 2.45) is 0 Å². The predicted molar refractivity (Wildman–Crippen MR) is 70.7 cm³/mol. The van der Waals surface area contributed by atoms with Crippen molar-refractivity contribution in [1.29, 1.82) is 0 Å². The van der Waals surface area contributed by atoms with E-state index in [9.17, 15) is 5.11 Å². The molecule has 0 unspecified atom stereocenters. The lowest BCUT2D eigenvalue weighted by Crippen LogP contribution is -2.03. The zero-order chi connectivity index (χ0) is 13.1. The molecule has 1 aromatic carbocycles. The molecule has 0 bridgehead atoms. The van der Waals surface area contributed by atoms with Crippen LogP contribution in [0.1, 0.15) is 11.1 Å². The van der Waals surface area contributed by atoms with Crippen molar-refractivity contribution in [3.05, 3.63) is 35.7 Å². The van der Waals surface area contributed by atoms with E-state index in [-0.39, 0.29) is 0 Å². The van der Waals surface area contributed by atoms with Crippen LogP contribution in [0.2, 0.25) is 0 Å². The van der Waals surface area contributed by atoms with Gasteiger partial charge in [0.15, 0.2) is 0 Å². The summed E-state index contributed by atoms with van der Waals surface area (Å²) in [6, 6.07) is 3.94. The molecular weight excluding hydrogens is 228 g/mol. The molecule has 18 heavy (non-hydrogen) atoms. The quantitative estimate of drug-likeness (QED) is 0.901. The van der Waals surface area contributed by atoms with E-state index in [0.29, 0.717) is 12.4 Å². The van der Waals surface area contributed by atoms with Crippen LogP contribution in [-0.4, -0.2) is 28.6 Å². The van der Waals surface area contributed by atoms with Gasteiger partial charge in [0.05, 0.1) is 19.3 Å². The van der Waals surface area contributed by atoms with Crippen molar-refractivity contribution < 1.29 is 9.84 Å². The van der Waals surface area contributed by atoms with E-state index in [1.807, 2.05) is 43.1 Å². The first-order valence-electron chi connectivity index (χ1n) is 5.94. The number of aromatic nitrogens is 2. The zero-order valence-electron chi connectivity index (χ0n) is 11.0. The smallest absolute Gasteiger partial charge is 0.121 e. The van der Waals surface area contributed by atoms with Crippen molar-refractivity contribution in [2.45, 2.75) is 20.4 Å². The lowest BCUT2D eigenvalue weighted by molar-refractivity contribution is 0.183. The summed E-state index contributed by atoms with van der Waals surface area (Å²) < 4.78 is 6.88. The minimum atomic E-state index is 0.366. The van der Waals surface area contributed by atoms with Gasteiger partial charge in [-0.05, 0) is 42.7 Å². The second kappa shape index (κ2) is 5.23. The summed E-state index contributed by atoms with van der Waals surface area (Å²) >= 11 is 0. The van der Waals surface area contributed by atoms with Gasteiger partial charge in [-0.2, -0.15) is 5.10 Å². The molecule has 2 rings (SSSR count). The Labute approximate surface area is 107 Å². The number of aromatic hydroxyl groups is 1. The highest BCUT2D eigenvalue weighted by atomic mass is 16.5. The van der Waals surface area contributed by atoms with Gasteiger partial charge in [0.2, 0.25) is 0 Å². The summed E-state index contributed by atoms with van der Waals surface area (Å²) in [5, 5.41) is 14.0. The molecule has 0 radical (unpaired) electrons. The van der Waals surface area contributed by atoms with Crippen LogP contribution in [0.4, 0.5) is 0 Å². The van der Waals surface area contributed by atoms with Gasteiger partial charge in [-0.25, -0.2) is 0 Å². The predicted octanol–water partition coefficient (Wildman–Crippen LogP) is 2.52. The first-order chi connectivity index (χ1) is 8.61. The molecule has 0 aliphatic heterocycles. The van der Waals surface area contributed by atoms with Gasteiger partial charge in [0.25, 0.3) is 0 Å². The van der Waals surface area contributed by atoms with Crippen LogP contribution in [-0.2, 0) is 11.3 Å². The van der Waals surface area contributed by atoms with Crippen molar-refractivity contribution in [2.75, 3.05) is 13.7 Å². The number of aryl methyl sites for hydroxylation is 2. The van der Waals surface area contributed by atoms with Gasteiger partial charge in [0.1, 0.15) is 5.75 Å². The third kappa shape index (κ3) is 2.54. The maximum absolute atomic E-state index is 9.76. The summed E-state index contributed by atoms with van der Waals surface area (Å²) in [6.45, 7) is 5.20. The fourth-order valence-corrected chi connectivity index (χ4v) is 1.94. The molecule has 0 saturated carbocycles. The first-order valence-corrected chi connectivity index (χ1v) is 5.94. The van der Waals surface area contributed by atoms with Crippen molar-refractivity contribution in [3.8, 4) is 16.9 Å². The summed E-state index contributed by atoms with van der Waals surface area (Å²) in [5.74, 6) is 0.366. The average Bonchev–Trinajstić information content (AvgIpc) is 2.81. The molecule has 1 N–H and O–H groups in total. The number of hydrogen-bond acceptors (Lipinski definition) is 3. The topological polar surface area (TPSA) is 47.3 Å². The highest BCUT2D eigenvalue weighted by molar-refractivity contribution is 5.65. The van der Waals surface area contributed by atoms with Gasteiger partial charge >= 0.3 is 0 Å². The van der Waals surface area contributed by atoms with E-state index in [0.717, 1.165) is 28.8 Å². The molecule has 1 heterocycles. The largest absolute Gasteiger partial charge is 0.507 e. The van der Waals surface area contributed by atoms with Crippen LogP contribution in [0.25, 0.3) is 11.1 Å². The van der Waals surface area contributed by atoms with Gasteiger partial charge in [-0.1, -0.05) is 0 Å². The van der Waals surface area contributed by atoms with E-state index in [2.05, 4.69) is 5.10 Å². The fraction of sp³-hybridized carbons (Fsp3) is 0.357. The number of rotatable bonds is 4. The van der Waals surface area contributed by atoms with Gasteiger partial charge in [0, 0.05) is 18.9 Å². The molecule has 0 fully saturated rings. The Morgan fingerprint density at radius 3 is 2.50 bits per heavy atom. The van der Waals surface area contributed by atoms with Crippen LogP contribution in [0.5, 0.6) is 5.75 Å². The van der Waals surface area contributed by atoms with Crippen molar-refractivity contribution in [3.63, 3.8) is 0 Å². The molecule has 96 valence electrons. The standard InChI is InChI=1S/C14H18N2O2/c1-10-6-12(7-11(2)14(10)17)13-8-15-16(9-13)4-5-18-3/h6-9,17H,4-5H2,1-3H3. The third-order valence-electron chi connectivity index (χ3n) is 2.98. The normalized spacial score (nSPS) is 10.8. The maximum Gasteiger partial charge on any atom is 0.121 e. The minimum absolute atomic E-state index is 0.366. The summed E-state index contributed by atoms with van der Waals surface area (Å²) in [7, 11) is 1.68. The SMILES string of the molecule is COCCn1cc(-c2cc(C)c(O)c(C)c2)cn1. The van der Waals surface area contributed by atoms with E-state index >= 15 is 0 Å². The van der Waals surface area contributed by atoms with Crippen molar-refractivity contribution in [1.82, 2.24) is 9.78 Å². The van der Waals surface area contributed by atoms with Crippen LogP contribution in [0.3, 0.4) is 0 Å². The Bertz CT molecular complexity index is 523. The Balaban J connectivity index is 2.28. The van der Waals surface area contributed by atoms with Crippen LogP contribution < -0.4 is 0 Å². The number of hydrogen-bond donors (Lipinski definition) is 1. The van der Waals surface area contributed by atoms with Crippen LogP contribution >= 0.6 is 0 Å². The number of benzene rings is 1. The molecule has 4 heteroatoms. The summed E-state index contributed by atoms with van der Waals surface area (Å²) in [4.78, 5) is 0. The summed E-state index contributed by atoms with van der Waals surface area (Å²) in [6.07, 6.45) is 3.82. The van der Waals surface area contributed by atoms with E-state index < -0.39 is 0 Å². The highest BCUT2D eigenvalue weighted by Gasteiger charge is 2.07. The van der Waals surface area contributed by atoms with Gasteiger partial charge in [-0.3, -0.25) is 4.68 Å². The molecule has 0 aliphatic rings. The second-order valence-electron chi connectivity index (χ2n) is 4.44. The zero-order valence-corrected chi connectivity index (χ0v) is 11.0. The molecule has 0 amide bonds. The number of phenols is 1. The Kier molecular flexibility index (Phi) is 3.67. The molecule has 2 aromatic rings. The molecule has 0 saturated heterocycles. The molecule has 4 nitrogen and oxygen atoms in total. The van der Waals surface area contributed by atoms with E-state index in [1.165, 1.54) is 0 Å². The van der Waals surface area contributed by atoms with Crippen molar-refractivity contribution >= 4 is 0 Å². The van der Waals surface area contributed by atoms with E-state index in [1.54, 1.807) is 7.11 Å². The first kappa shape index (κ1) is 12.6. The molecule has 0 spiro atoms. The van der Waals surface area contributed by atoms with Gasteiger partial charge in [-0.15, -0.1) is 0 Å². The second-order valence-corrected chi connectivity index (χ2v) is 4.44. The third-order valence-corrected chi connectivity index (χ3v) is 2.98. The average molecular weight is 246 g/mol. The lowest BCUT2D eigenvalue weighted by Gasteiger charge is -2.06. The summed E-state index contributed by atoms with van der Waals surface area (Å²) in [5.41, 5.74) is 3.90. The minimum Gasteiger partial charge on any atom is -0.507 e. The van der Waals surface area contributed by atoms with Crippen LogP contribution in [0, 0.1) is 13.8 Å². The monoisotopic (exact) mass is 246 g/mol. The number of nitrogens with zero attached hydrogens (tertiary/aromatic N) is 2. The highest BCUT2D eigenvalue weighted by Crippen LogP contribution is 2.28. The fourth-order valence-electron chi connectivity index (χ4n) is 1.94. The number of methoxy groups -OCH3 is 1. The Morgan fingerprint density at radius 1 is 1.22 bits per heavy atom. The maximum atomic E-state index is 9.76. The molecule has 0 aliphatic carbocycles. The Morgan fingerprint density at radius 2 is 1.89 bits per heavy atom. The van der Waals surface area contributed by atoms with Gasteiger partial charge < -0.3 is 9.84 Å².